The molecule has 6 nitrogen and oxygen atoms in total. The summed E-state index contributed by atoms with van der Waals surface area (Å²) in [5.41, 5.74) is 2.42. The summed E-state index contributed by atoms with van der Waals surface area (Å²) in [6, 6.07) is 6.07. The molecule has 0 fully saturated rings. The van der Waals surface area contributed by atoms with Gasteiger partial charge in [0, 0.05) is 37.6 Å². The van der Waals surface area contributed by atoms with E-state index in [4.69, 9.17) is 0 Å². The van der Waals surface area contributed by atoms with Crippen molar-refractivity contribution in [3.8, 4) is 0 Å². The normalized spacial score (nSPS) is 18.8. The number of urea groups is 1. The van der Waals surface area contributed by atoms with Crippen LogP contribution >= 0.6 is 0 Å². The third-order valence-corrected chi connectivity index (χ3v) is 4.47. The van der Waals surface area contributed by atoms with Gasteiger partial charge < -0.3 is 21.3 Å². The van der Waals surface area contributed by atoms with Crippen LogP contribution in [-0.4, -0.2) is 36.7 Å². The molecule has 0 bridgehead atoms. The molecule has 0 saturated carbocycles. The van der Waals surface area contributed by atoms with Crippen LogP contribution in [0.5, 0.6) is 0 Å². The monoisotopic (exact) mass is 341 g/mol. The van der Waals surface area contributed by atoms with Crippen molar-refractivity contribution in [1.82, 2.24) is 26.3 Å². The van der Waals surface area contributed by atoms with Crippen molar-refractivity contribution >= 4 is 6.03 Å². The Bertz CT molecular complexity index is 626. The first kappa shape index (κ1) is 17.3. The Labute approximate surface area is 149 Å². The van der Waals surface area contributed by atoms with Gasteiger partial charge in [-0.25, -0.2) is 4.79 Å². The molecule has 1 aromatic rings. The lowest BCUT2D eigenvalue weighted by Gasteiger charge is -2.29. The summed E-state index contributed by atoms with van der Waals surface area (Å²) in [6.07, 6.45) is 11.2. The van der Waals surface area contributed by atoms with Crippen LogP contribution in [0, 0.1) is 0 Å². The smallest absolute Gasteiger partial charge is 0.314 e. The molecule has 6 heteroatoms. The van der Waals surface area contributed by atoms with E-state index in [1.807, 2.05) is 18.2 Å². The average molecular weight is 341 g/mol. The molecule has 3 rings (SSSR count). The van der Waals surface area contributed by atoms with Gasteiger partial charge in [0.05, 0.1) is 0 Å². The molecular weight excluding hydrogens is 314 g/mol. The van der Waals surface area contributed by atoms with Gasteiger partial charge in [0.2, 0.25) is 0 Å². The van der Waals surface area contributed by atoms with E-state index in [0.29, 0.717) is 13.1 Å². The van der Waals surface area contributed by atoms with Crippen LogP contribution in [0.1, 0.15) is 31.4 Å². The fraction of sp³-hybridized carbons (Fsp3) is 0.474. The van der Waals surface area contributed by atoms with E-state index < -0.39 is 0 Å². The number of pyridine rings is 1. The molecule has 2 aliphatic heterocycles. The number of hydrogen-bond acceptors (Lipinski definition) is 4. The van der Waals surface area contributed by atoms with Crippen LogP contribution in [0.25, 0.3) is 0 Å². The Morgan fingerprint density at radius 1 is 1.28 bits per heavy atom. The van der Waals surface area contributed by atoms with Crippen LogP contribution in [0.15, 0.2) is 47.9 Å². The standard InChI is InChI=1S/C19H27N5O/c25-19(22-13-4-7-16-6-1-2-11-20-16)23-14-10-17-9-8-15-5-3-12-21-18(15)24-17/h1-2,6,8-9,11,17,21,24H,3-5,7,10,12-14H2,(H2,22,23,25). The zero-order valence-corrected chi connectivity index (χ0v) is 14.6. The van der Waals surface area contributed by atoms with Crippen LogP contribution < -0.4 is 21.3 Å². The molecule has 2 amide bonds. The first-order valence-electron chi connectivity index (χ1n) is 9.14. The Morgan fingerprint density at radius 2 is 2.20 bits per heavy atom. The number of nitrogens with zero attached hydrogens (tertiary/aromatic N) is 1. The number of dihydropyridines is 1. The molecule has 134 valence electrons. The number of aromatic nitrogens is 1. The van der Waals surface area contributed by atoms with Crippen molar-refractivity contribution in [1.29, 1.82) is 0 Å². The molecule has 2 aliphatic rings. The molecule has 0 radical (unpaired) electrons. The fourth-order valence-corrected chi connectivity index (χ4v) is 3.10. The zero-order chi connectivity index (χ0) is 17.3. The van der Waals surface area contributed by atoms with Crippen molar-refractivity contribution in [2.75, 3.05) is 19.6 Å². The Kier molecular flexibility index (Phi) is 6.31. The molecule has 0 aromatic carbocycles. The molecule has 0 aliphatic carbocycles. The largest absolute Gasteiger partial charge is 0.372 e. The van der Waals surface area contributed by atoms with Gasteiger partial charge in [0.25, 0.3) is 0 Å². The van der Waals surface area contributed by atoms with Gasteiger partial charge in [-0.3, -0.25) is 4.98 Å². The average Bonchev–Trinajstić information content (AvgIpc) is 2.66. The number of nitrogens with one attached hydrogen (secondary N) is 4. The minimum atomic E-state index is -0.100. The van der Waals surface area contributed by atoms with E-state index in [1.54, 1.807) is 6.20 Å². The number of allylic oxidation sites excluding steroid dienone is 2. The lowest BCUT2D eigenvalue weighted by atomic mass is 10.0. The topological polar surface area (TPSA) is 78.1 Å². The lowest BCUT2D eigenvalue weighted by Crippen LogP contribution is -2.42. The lowest BCUT2D eigenvalue weighted by molar-refractivity contribution is 0.240. The van der Waals surface area contributed by atoms with E-state index >= 15 is 0 Å². The summed E-state index contributed by atoms with van der Waals surface area (Å²) < 4.78 is 0. The second-order valence-corrected chi connectivity index (χ2v) is 6.44. The highest BCUT2D eigenvalue weighted by Gasteiger charge is 2.17. The van der Waals surface area contributed by atoms with E-state index in [2.05, 4.69) is 38.4 Å². The molecular formula is C19H27N5O. The number of hydrogen-bond donors (Lipinski definition) is 4. The fourth-order valence-electron chi connectivity index (χ4n) is 3.10. The molecule has 0 spiro atoms. The molecule has 1 aromatic heterocycles. The highest BCUT2D eigenvalue weighted by Crippen LogP contribution is 2.19. The maximum atomic E-state index is 11.8. The molecule has 4 N–H and O–H groups in total. The van der Waals surface area contributed by atoms with Gasteiger partial charge in [-0.2, -0.15) is 0 Å². The maximum Gasteiger partial charge on any atom is 0.314 e. The second kappa shape index (κ2) is 9.11. The Morgan fingerprint density at radius 3 is 3.08 bits per heavy atom. The van der Waals surface area contributed by atoms with Gasteiger partial charge in [-0.15, -0.1) is 0 Å². The quantitative estimate of drug-likeness (QED) is 0.571. The predicted molar refractivity (Wildman–Crippen MR) is 98.9 cm³/mol. The molecule has 3 heterocycles. The zero-order valence-electron chi connectivity index (χ0n) is 14.6. The number of carbonyl (C=O) groups is 1. The van der Waals surface area contributed by atoms with Crippen molar-refractivity contribution in [3.63, 3.8) is 0 Å². The molecule has 1 atom stereocenters. The highest BCUT2D eigenvalue weighted by molar-refractivity contribution is 5.73. The summed E-state index contributed by atoms with van der Waals surface area (Å²) in [5, 5.41) is 12.7. The number of amides is 2. The third kappa shape index (κ3) is 5.52. The number of carbonyl (C=O) groups excluding carboxylic acids is 1. The molecule has 0 saturated heterocycles. The van der Waals surface area contributed by atoms with Gasteiger partial charge >= 0.3 is 6.03 Å². The molecule has 1 unspecified atom stereocenters. The Balaban J connectivity index is 1.26. The SMILES string of the molecule is O=C(NCCCc1ccccn1)NCCC1C=CC2=C(NCCC2)N1. The first-order chi connectivity index (χ1) is 12.3. The van der Waals surface area contributed by atoms with E-state index in [0.717, 1.165) is 43.7 Å². The van der Waals surface area contributed by atoms with Crippen LogP contribution in [-0.2, 0) is 6.42 Å². The van der Waals surface area contributed by atoms with Crippen LogP contribution in [0.3, 0.4) is 0 Å². The van der Waals surface area contributed by atoms with Gasteiger partial charge in [0.15, 0.2) is 0 Å². The van der Waals surface area contributed by atoms with E-state index in [9.17, 15) is 4.79 Å². The van der Waals surface area contributed by atoms with Crippen molar-refractivity contribution in [3.05, 3.63) is 53.6 Å². The molecule has 25 heavy (non-hydrogen) atoms. The third-order valence-electron chi connectivity index (χ3n) is 4.47. The van der Waals surface area contributed by atoms with Gasteiger partial charge in [0.1, 0.15) is 5.82 Å². The summed E-state index contributed by atoms with van der Waals surface area (Å²) >= 11 is 0. The second-order valence-electron chi connectivity index (χ2n) is 6.44. The van der Waals surface area contributed by atoms with Gasteiger partial charge in [-0.05, 0) is 49.8 Å². The van der Waals surface area contributed by atoms with Crippen molar-refractivity contribution in [2.45, 2.75) is 38.1 Å². The van der Waals surface area contributed by atoms with Gasteiger partial charge in [-0.1, -0.05) is 18.2 Å². The summed E-state index contributed by atoms with van der Waals surface area (Å²) in [7, 11) is 0. The van der Waals surface area contributed by atoms with E-state index in [1.165, 1.54) is 12.0 Å². The first-order valence-corrected chi connectivity index (χ1v) is 9.14. The maximum absolute atomic E-state index is 11.8. The van der Waals surface area contributed by atoms with Crippen LogP contribution in [0.4, 0.5) is 4.79 Å². The van der Waals surface area contributed by atoms with Crippen LogP contribution in [0.2, 0.25) is 0 Å². The Hall–Kier alpha value is -2.50. The minimum Gasteiger partial charge on any atom is -0.372 e. The summed E-state index contributed by atoms with van der Waals surface area (Å²) in [5.74, 6) is 1.16. The highest BCUT2D eigenvalue weighted by atomic mass is 16.2. The summed E-state index contributed by atoms with van der Waals surface area (Å²) in [4.78, 5) is 16.1. The number of aryl methyl sites for hydroxylation is 1. The predicted octanol–water partition coefficient (Wildman–Crippen LogP) is 1.83. The summed E-state index contributed by atoms with van der Waals surface area (Å²) in [6.45, 7) is 2.34. The van der Waals surface area contributed by atoms with Crippen molar-refractivity contribution in [2.24, 2.45) is 0 Å². The van der Waals surface area contributed by atoms with E-state index in [-0.39, 0.29) is 12.1 Å². The number of rotatable bonds is 7. The minimum absolute atomic E-state index is 0.100. The van der Waals surface area contributed by atoms with Crippen molar-refractivity contribution < 1.29 is 4.79 Å².